The molecule has 104 valence electrons. The first-order valence-corrected chi connectivity index (χ1v) is 7.78. The maximum absolute atomic E-state index is 6.02. The number of halogens is 1. The molecular weight excluding hydrogens is 312 g/mol. The summed E-state index contributed by atoms with van der Waals surface area (Å²) in [6, 6.07) is 8.81. The third kappa shape index (κ3) is 1.98. The molecule has 0 fully saturated rings. The van der Waals surface area contributed by atoms with Gasteiger partial charge in [-0.3, -0.25) is 0 Å². The van der Waals surface area contributed by atoms with E-state index in [1.54, 1.807) is 0 Å². The summed E-state index contributed by atoms with van der Waals surface area (Å²) in [5, 5.41) is 0. The van der Waals surface area contributed by atoms with Crippen LogP contribution in [0.1, 0.15) is 39.3 Å². The highest BCUT2D eigenvalue weighted by Crippen LogP contribution is 2.46. The fraction of sp³-hybridized carbons (Fsp3) is 0.333. The minimum Gasteiger partial charge on any atom is -0.492 e. The quantitative estimate of drug-likeness (QED) is 0.697. The van der Waals surface area contributed by atoms with Crippen LogP contribution >= 0.6 is 15.9 Å². The largest absolute Gasteiger partial charge is 0.492 e. The molecule has 1 aliphatic rings. The van der Waals surface area contributed by atoms with Crippen LogP contribution in [-0.2, 0) is 0 Å². The van der Waals surface area contributed by atoms with E-state index in [0.29, 0.717) is 5.92 Å². The molecule has 1 heterocycles. The van der Waals surface area contributed by atoms with Crippen LogP contribution in [0, 0.1) is 27.7 Å². The molecule has 2 heteroatoms. The first-order chi connectivity index (χ1) is 9.50. The molecule has 0 aromatic heterocycles. The van der Waals surface area contributed by atoms with E-state index in [9.17, 15) is 0 Å². The Morgan fingerprint density at radius 1 is 0.950 bits per heavy atom. The average Bonchev–Trinajstić information content (AvgIpc) is 2.88. The highest BCUT2D eigenvalue weighted by Gasteiger charge is 2.31. The molecule has 2 aromatic carbocycles. The summed E-state index contributed by atoms with van der Waals surface area (Å²) >= 11 is 3.74. The van der Waals surface area contributed by atoms with Crippen molar-refractivity contribution in [2.24, 2.45) is 0 Å². The van der Waals surface area contributed by atoms with Crippen molar-refractivity contribution in [3.8, 4) is 5.75 Å². The van der Waals surface area contributed by atoms with Gasteiger partial charge < -0.3 is 4.74 Å². The fourth-order valence-electron chi connectivity index (χ4n) is 3.02. The van der Waals surface area contributed by atoms with Crippen LogP contribution in [0.4, 0.5) is 0 Å². The first kappa shape index (κ1) is 13.7. The van der Waals surface area contributed by atoms with Crippen molar-refractivity contribution in [3.05, 3.63) is 62.1 Å². The van der Waals surface area contributed by atoms with Crippen molar-refractivity contribution in [3.63, 3.8) is 0 Å². The molecule has 3 rings (SSSR count). The van der Waals surface area contributed by atoms with Crippen LogP contribution in [0.2, 0.25) is 0 Å². The van der Waals surface area contributed by atoms with E-state index in [0.717, 1.165) is 12.4 Å². The highest BCUT2D eigenvalue weighted by molar-refractivity contribution is 9.10. The number of fused-ring (bicyclic) bond motifs is 1. The molecular formula is C18H19BrO. The molecule has 0 saturated heterocycles. The summed E-state index contributed by atoms with van der Waals surface area (Å²) in [4.78, 5) is 0. The normalized spacial score (nSPS) is 16.9. The maximum atomic E-state index is 6.02. The van der Waals surface area contributed by atoms with Gasteiger partial charge in [-0.15, -0.1) is 0 Å². The molecule has 0 spiro atoms. The minimum atomic E-state index is 0.348. The highest BCUT2D eigenvalue weighted by atomic mass is 79.9. The summed E-state index contributed by atoms with van der Waals surface area (Å²) < 4.78 is 7.24. The van der Waals surface area contributed by atoms with E-state index in [1.807, 2.05) is 0 Å². The molecule has 1 nitrogen and oxygen atoms in total. The molecule has 0 radical (unpaired) electrons. The lowest BCUT2D eigenvalue weighted by Gasteiger charge is -2.16. The minimum absolute atomic E-state index is 0.348. The fourth-order valence-corrected chi connectivity index (χ4v) is 3.53. The van der Waals surface area contributed by atoms with Gasteiger partial charge in [-0.05, 0) is 49.9 Å². The van der Waals surface area contributed by atoms with Crippen molar-refractivity contribution in [1.82, 2.24) is 0 Å². The molecule has 1 unspecified atom stereocenters. The lowest BCUT2D eigenvalue weighted by molar-refractivity contribution is 0.341. The van der Waals surface area contributed by atoms with Crippen molar-refractivity contribution >= 4 is 15.9 Å². The molecule has 0 saturated carbocycles. The topological polar surface area (TPSA) is 9.23 Å². The molecule has 0 aliphatic carbocycles. The van der Waals surface area contributed by atoms with E-state index in [4.69, 9.17) is 4.74 Å². The zero-order chi connectivity index (χ0) is 14.4. The van der Waals surface area contributed by atoms with Crippen LogP contribution < -0.4 is 4.74 Å². The number of hydrogen-bond donors (Lipinski definition) is 0. The van der Waals surface area contributed by atoms with Crippen molar-refractivity contribution in [1.29, 1.82) is 0 Å². The summed E-state index contributed by atoms with van der Waals surface area (Å²) in [6.07, 6.45) is 0. The van der Waals surface area contributed by atoms with Crippen LogP contribution in [-0.4, -0.2) is 6.61 Å². The SMILES string of the molecule is Cc1ccc(C2COc3c(C)c(C)c(Br)c(C)c32)cc1. The summed E-state index contributed by atoms with van der Waals surface area (Å²) in [6.45, 7) is 9.35. The molecule has 1 atom stereocenters. The smallest absolute Gasteiger partial charge is 0.126 e. The summed E-state index contributed by atoms with van der Waals surface area (Å²) in [5.74, 6) is 1.44. The molecule has 20 heavy (non-hydrogen) atoms. The predicted octanol–water partition coefficient (Wildman–Crippen LogP) is 5.21. The zero-order valence-corrected chi connectivity index (χ0v) is 14.0. The first-order valence-electron chi connectivity index (χ1n) is 6.99. The Morgan fingerprint density at radius 2 is 1.60 bits per heavy atom. The second kappa shape index (κ2) is 4.92. The third-order valence-electron chi connectivity index (χ3n) is 4.43. The second-order valence-corrected chi connectivity index (χ2v) is 6.50. The summed E-state index contributed by atoms with van der Waals surface area (Å²) in [7, 11) is 0. The Morgan fingerprint density at radius 3 is 2.25 bits per heavy atom. The van der Waals surface area contributed by atoms with Gasteiger partial charge in [0.05, 0.1) is 6.61 Å². The Bertz CT molecular complexity index is 671. The van der Waals surface area contributed by atoms with Gasteiger partial charge in [0, 0.05) is 16.0 Å². The van der Waals surface area contributed by atoms with Gasteiger partial charge in [-0.2, -0.15) is 0 Å². The van der Waals surface area contributed by atoms with E-state index < -0.39 is 0 Å². The van der Waals surface area contributed by atoms with Crippen LogP contribution in [0.25, 0.3) is 0 Å². The van der Waals surface area contributed by atoms with Crippen LogP contribution in [0.15, 0.2) is 28.7 Å². The lowest BCUT2D eigenvalue weighted by Crippen LogP contribution is -2.04. The molecule has 0 amide bonds. The van der Waals surface area contributed by atoms with Gasteiger partial charge >= 0.3 is 0 Å². The summed E-state index contributed by atoms with van der Waals surface area (Å²) in [5.41, 5.74) is 7.84. The average molecular weight is 331 g/mol. The Hall–Kier alpha value is -1.28. The van der Waals surface area contributed by atoms with Gasteiger partial charge in [-0.25, -0.2) is 0 Å². The monoisotopic (exact) mass is 330 g/mol. The van der Waals surface area contributed by atoms with Gasteiger partial charge in [0.1, 0.15) is 5.75 Å². The lowest BCUT2D eigenvalue weighted by atomic mass is 9.87. The van der Waals surface area contributed by atoms with Crippen LogP contribution in [0.5, 0.6) is 5.75 Å². The van der Waals surface area contributed by atoms with E-state index >= 15 is 0 Å². The number of benzene rings is 2. The Balaban J connectivity index is 2.17. The zero-order valence-electron chi connectivity index (χ0n) is 12.4. The van der Waals surface area contributed by atoms with Gasteiger partial charge in [0.25, 0.3) is 0 Å². The standard InChI is InChI=1S/C18H19BrO/c1-10-5-7-14(8-6-10)15-9-20-18-12(3)11(2)17(19)13(4)16(15)18/h5-8,15H,9H2,1-4H3. The van der Waals surface area contributed by atoms with E-state index in [2.05, 4.69) is 67.9 Å². The Labute approximate surface area is 129 Å². The Kier molecular flexibility index (Phi) is 3.37. The third-order valence-corrected chi connectivity index (χ3v) is 5.62. The van der Waals surface area contributed by atoms with E-state index in [-0.39, 0.29) is 0 Å². The van der Waals surface area contributed by atoms with Gasteiger partial charge in [0.2, 0.25) is 0 Å². The second-order valence-electron chi connectivity index (χ2n) is 5.71. The van der Waals surface area contributed by atoms with Crippen molar-refractivity contribution in [2.75, 3.05) is 6.61 Å². The number of rotatable bonds is 1. The van der Waals surface area contributed by atoms with Crippen molar-refractivity contribution in [2.45, 2.75) is 33.6 Å². The number of hydrogen-bond acceptors (Lipinski definition) is 1. The molecule has 2 aromatic rings. The van der Waals surface area contributed by atoms with Crippen LogP contribution in [0.3, 0.4) is 0 Å². The predicted molar refractivity (Wildman–Crippen MR) is 86.9 cm³/mol. The van der Waals surface area contributed by atoms with Gasteiger partial charge in [0.15, 0.2) is 0 Å². The molecule has 0 bridgehead atoms. The number of ether oxygens (including phenoxy) is 1. The molecule has 1 aliphatic heterocycles. The maximum Gasteiger partial charge on any atom is 0.126 e. The van der Waals surface area contributed by atoms with Gasteiger partial charge in [-0.1, -0.05) is 45.8 Å². The van der Waals surface area contributed by atoms with Crippen molar-refractivity contribution < 1.29 is 4.74 Å². The van der Waals surface area contributed by atoms with E-state index in [1.165, 1.54) is 37.9 Å². The molecule has 0 N–H and O–H groups in total. The number of aryl methyl sites for hydroxylation is 1.